The minimum atomic E-state index is -0.813. The summed E-state index contributed by atoms with van der Waals surface area (Å²) in [5, 5.41) is 0. The summed E-state index contributed by atoms with van der Waals surface area (Å²) in [6.07, 6.45) is 18.5. The van der Waals surface area contributed by atoms with Crippen molar-refractivity contribution in [1.29, 1.82) is 0 Å². The van der Waals surface area contributed by atoms with Crippen molar-refractivity contribution < 1.29 is 14.2 Å². The van der Waals surface area contributed by atoms with Crippen molar-refractivity contribution in [3.05, 3.63) is 0 Å². The van der Waals surface area contributed by atoms with E-state index < -0.39 is 5.97 Å². The van der Waals surface area contributed by atoms with Gasteiger partial charge in [0.25, 0.3) is 5.97 Å². The van der Waals surface area contributed by atoms with Gasteiger partial charge in [-0.05, 0) is 27.2 Å². The molecule has 26 heavy (non-hydrogen) atoms. The Balaban J connectivity index is 3.52. The van der Waals surface area contributed by atoms with Gasteiger partial charge in [-0.3, -0.25) is 0 Å². The molecular formula is C22H45O3Si. The van der Waals surface area contributed by atoms with Crippen LogP contribution in [0.15, 0.2) is 0 Å². The van der Waals surface area contributed by atoms with Crippen LogP contribution in [0.2, 0.25) is 6.04 Å². The minimum Gasteiger partial charge on any atom is -0.328 e. The Morgan fingerprint density at radius 1 is 0.500 bits per heavy atom. The quantitative estimate of drug-likeness (QED) is 0.123. The third kappa shape index (κ3) is 15.2. The van der Waals surface area contributed by atoms with Crippen molar-refractivity contribution >= 4 is 10.2 Å². The summed E-state index contributed by atoms with van der Waals surface area (Å²) in [6, 6.07) is 1.16. The first-order chi connectivity index (χ1) is 12.7. The van der Waals surface area contributed by atoms with Crippen molar-refractivity contribution in [1.82, 2.24) is 0 Å². The molecule has 0 aliphatic rings. The monoisotopic (exact) mass is 385 g/mol. The fraction of sp³-hybridized carbons (Fsp3) is 1.00. The summed E-state index contributed by atoms with van der Waals surface area (Å²) in [5.41, 5.74) is 0. The second-order valence-electron chi connectivity index (χ2n) is 7.08. The molecule has 0 amide bonds. The molecule has 0 aromatic heterocycles. The maximum atomic E-state index is 5.78. The predicted octanol–water partition coefficient (Wildman–Crippen LogP) is 6.80. The zero-order chi connectivity index (χ0) is 19.3. The molecule has 0 N–H and O–H groups in total. The Kier molecular flexibility index (Phi) is 19.9. The number of hydrogen-bond acceptors (Lipinski definition) is 3. The normalized spacial score (nSPS) is 12.0. The van der Waals surface area contributed by atoms with Gasteiger partial charge >= 0.3 is 0 Å². The van der Waals surface area contributed by atoms with Crippen molar-refractivity contribution in [2.45, 2.75) is 123 Å². The van der Waals surface area contributed by atoms with Gasteiger partial charge in [-0.1, -0.05) is 83.1 Å². The smallest absolute Gasteiger partial charge is 0.282 e. The highest BCUT2D eigenvalue weighted by Crippen LogP contribution is 2.24. The van der Waals surface area contributed by atoms with Gasteiger partial charge in [0.05, 0.1) is 0 Å². The van der Waals surface area contributed by atoms with Crippen LogP contribution in [0.1, 0.15) is 111 Å². The van der Waals surface area contributed by atoms with E-state index in [-0.39, 0.29) is 0 Å². The molecule has 0 saturated carbocycles. The summed E-state index contributed by atoms with van der Waals surface area (Å²) in [7, 11) is 3.54. The number of rotatable bonds is 21. The Hall–Kier alpha value is 0.0969. The van der Waals surface area contributed by atoms with E-state index in [2.05, 4.69) is 10.2 Å². The van der Waals surface area contributed by atoms with E-state index >= 15 is 0 Å². The second-order valence-corrected chi connectivity index (χ2v) is 7.58. The average Bonchev–Trinajstić information content (AvgIpc) is 2.63. The lowest BCUT2D eigenvalue weighted by molar-refractivity contribution is -0.380. The van der Waals surface area contributed by atoms with E-state index in [1.54, 1.807) is 0 Å². The van der Waals surface area contributed by atoms with Crippen LogP contribution in [0.4, 0.5) is 0 Å². The molecule has 3 radical (unpaired) electrons. The zero-order valence-electron chi connectivity index (χ0n) is 18.0. The molecule has 4 heteroatoms. The highest BCUT2D eigenvalue weighted by atomic mass is 28.1. The van der Waals surface area contributed by atoms with Crippen LogP contribution < -0.4 is 0 Å². The lowest BCUT2D eigenvalue weighted by atomic mass is 10.0. The molecule has 0 aromatic carbocycles. The maximum Gasteiger partial charge on any atom is 0.282 e. The van der Waals surface area contributed by atoms with Crippen LogP contribution in [-0.4, -0.2) is 36.0 Å². The lowest BCUT2D eigenvalue weighted by Crippen LogP contribution is -2.39. The minimum absolute atomic E-state index is 0.621. The van der Waals surface area contributed by atoms with E-state index in [0.717, 1.165) is 18.9 Å². The van der Waals surface area contributed by atoms with E-state index in [0.29, 0.717) is 19.8 Å². The first-order valence-corrected chi connectivity index (χ1v) is 12.0. The van der Waals surface area contributed by atoms with Crippen molar-refractivity contribution in [3.8, 4) is 0 Å². The third-order valence-corrected chi connectivity index (χ3v) is 5.11. The molecule has 0 rings (SSSR count). The Morgan fingerprint density at radius 3 is 1.12 bits per heavy atom. The summed E-state index contributed by atoms with van der Waals surface area (Å²) in [5.74, 6) is -0.813. The molecule has 0 unspecified atom stereocenters. The van der Waals surface area contributed by atoms with Gasteiger partial charge in [0, 0.05) is 36.5 Å². The fourth-order valence-corrected chi connectivity index (χ4v) is 3.66. The van der Waals surface area contributed by atoms with Gasteiger partial charge in [0.15, 0.2) is 0 Å². The lowest BCUT2D eigenvalue weighted by Gasteiger charge is -2.32. The van der Waals surface area contributed by atoms with E-state index in [1.165, 1.54) is 77.0 Å². The van der Waals surface area contributed by atoms with Crippen molar-refractivity contribution in [2.24, 2.45) is 0 Å². The molecule has 0 fully saturated rings. The van der Waals surface area contributed by atoms with Gasteiger partial charge in [0.2, 0.25) is 0 Å². The molecule has 0 aromatic rings. The Bertz CT molecular complexity index is 257. The largest absolute Gasteiger partial charge is 0.328 e. The van der Waals surface area contributed by atoms with E-state index in [9.17, 15) is 0 Å². The van der Waals surface area contributed by atoms with Crippen LogP contribution in [0, 0.1) is 0 Å². The fourth-order valence-electron chi connectivity index (χ4n) is 3.41. The third-order valence-electron chi connectivity index (χ3n) is 4.75. The van der Waals surface area contributed by atoms with Gasteiger partial charge in [-0.15, -0.1) is 0 Å². The molecule has 155 valence electrons. The van der Waals surface area contributed by atoms with Gasteiger partial charge in [-0.2, -0.15) is 0 Å². The first kappa shape index (κ1) is 26.1. The van der Waals surface area contributed by atoms with Crippen LogP contribution in [0.25, 0.3) is 0 Å². The number of ether oxygens (including phenoxy) is 3. The van der Waals surface area contributed by atoms with Gasteiger partial charge in [0.1, 0.15) is 0 Å². The standard InChI is InChI=1S/C22H45O3Si/c1-4-23-22(24-5-2,25-6-3)20-18-16-14-12-10-8-7-9-11-13-15-17-19-21-26/h4-21H2,1-3H3. The molecule has 0 saturated heterocycles. The molecule has 0 aliphatic carbocycles. The van der Waals surface area contributed by atoms with E-state index in [4.69, 9.17) is 14.2 Å². The van der Waals surface area contributed by atoms with Crippen LogP contribution in [0.3, 0.4) is 0 Å². The first-order valence-electron chi connectivity index (χ1n) is 11.3. The second kappa shape index (κ2) is 19.8. The highest BCUT2D eigenvalue weighted by molar-refractivity contribution is 6.08. The molecule has 0 bridgehead atoms. The Morgan fingerprint density at radius 2 is 0.808 bits per heavy atom. The summed E-state index contributed by atoms with van der Waals surface area (Å²) in [6.45, 7) is 7.85. The highest BCUT2D eigenvalue weighted by Gasteiger charge is 2.31. The average molecular weight is 386 g/mol. The van der Waals surface area contributed by atoms with Crippen LogP contribution in [-0.2, 0) is 14.2 Å². The van der Waals surface area contributed by atoms with Crippen molar-refractivity contribution in [3.63, 3.8) is 0 Å². The molecular weight excluding hydrogens is 340 g/mol. The summed E-state index contributed by atoms with van der Waals surface area (Å²) < 4.78 is 17.3. The molecule has 0 aliphatic heterocycles. The summed E-state index contributed by atoms with van der Waals surface area (Å²) >= 11 is 0. The molecule has 0 spiro atoms. The van der Waals surface area contributed by atoms with Crippen molar-refractivity contribution in [2.75, 3.05) is 19.8 Å². The number of unbranched alkanes of at least 4 members (excludes halogenated alkanes) is 12. The topological polar surface area (TPSA) is 27.7 Å². The summed E-state index contributed by atoms with van der Waals surface area (Å²) in [4.78, 5) is 0. The van der Waals surface area contributed by atoms with Gasteiger partial charge < -0.3 is 14.2 Å². The Labute approximate surface area is 167 Å². The molecule has 0 atom stereocenters. The maximum absolute atomic E-state index is 5.78. The van der Waals surface area contributed by atoms with Crippen LogP contribution in [0.5, 0.6) is 0 Å². The van der Waals surface area contributed by atoms with Gasteiger partial charge in [-0.25, -0.2) is 0 Å². The molecule has 3 nitrogen and oxygen atoms in total. The SMILES string of the molecule is CCOC(CCCCCCCCCCCCCCC[Si])(OCC)OCC. The predicted molar refractivity (Wildman–Crippen MR) is 113 cm³/mol. The molecule has 0 heterocycles. The zero-order valence-corrected chi connectivity index (χ0v) is 19.0. The van der Waals surface area contributed by atoms with Crippen LogP contribution >= 0.6 is 0 Å². The number of hydrogen-bond donors (Lipinski definition) is 0. The van der Waals surface area contributed by atoms with E-state index in [1.807, 2.05) is 20.8 Å².